The third-order valence-corrected chi connectivity index (χ3v) is 4.92. The van der Waals surface area contributed by atoms with Gasteiger partial charge >= 0.3 is 0 Å². The summed E-state index contributed by atoms with van der Waals surface area (Å²) in [6, 6.07) is 4.53. The Morgan fingerprint density at radius 3 is 2.55 bits per heavy atom. The predicted octanol–water partition coefficient (Wildman–Crippen LogP) is 4.04. The Kier molecular flexibility index (Phi) is 6.55. The minimum atomic E-state index is 0.120. The molecule has 0 amide bonds. The zero-order chi connectivity index (χ0) is 15.3. The molecule has 20 heavy (non-hydrogen) atoms. The van der Waals surface area contributed by atoms with Crippen molar-refractivity contribution in [1.82, 2.24) is 4.72 Å². The fraction of sp³-hybridized carbons (Fsp3) is 0.533. The molecule has 3 nitrogen and oxygen atoms in total. The van der Waals surface area contributed by atoms with Crippen LogP contribution in [0.1, 0.15) is 33.3 Å². The second-order valence-corrected chi connectivity index (χ2v) is 7.48. The molecule has 1 aromatic carbocycles. The molecule has 0 aliphatic carbocycles. The third kappa shape index (κ3) is 5.11. The van der Waals surface area contributed by atoms with Gasteiger partial charge in [0.15, 0.2) is 0 Å². The first-order chi connectivity index (χ1) is 9.28. The van der Waals surface area contributed by atoms with Gasteiger partial charge in [-0.05, 0) is 79.7 Å². The Morgan fingerprint density at radius 1 is 1.40 bits per heavy atom. The van der Waals surface area contributed by atoms with Gasteiger partial charge in [-0.15, -0.1) is 0 Å². The zero-order valence-corrected chi connectivity index (χ0v) is 15.2. The Bertz CT molecular complexity index is 472. The molecule has 0 saturated heterocycles. The topological polar surface area (TPSA) is 32.3 Å². The van der Waals surface area contributed by atoms with Crippen LogP contribution in [0.2, 0.25) is 0 Å². The number of nitrogens with one attached hydrogen (secondary N) is 1. The van der Waals surface area contributed by atoms with E-state index in [4.69, 9.17) is 4.79 Å². The smallest absolute Gasteiger partial charge is 0.116 e. The molecule has 1 aliphatic rings. The molecule has 1 N–H and O–H groups in total. The maximum absolute atomic E-state index is 8.81. The molecular formula is C15H23BrN2OS. The first-order valence-electron chi connectivity index (χ1n) is 6.66. The van der Waals surface area contributed by atoms with Crippen molar-refractivity contribution in [3.8, 4) is 0 Å². The molecule has 1 aromatic rings. The van der Waals surface area contributed by atoms with E-state index in [1.165, 1.54) is 27.5 Å². The number of anilines is 1. The highest BCUT2D eigenvalue weighted by Gasteiger charge is 2.19. The molecule has 0 atom stereocenters. The minimum Gasteiger partial charge on any atom is -0.374 e. The lowest BCUT2D eigenvalue weighted by Crippen LogP contribution is -2.29. The normalized spacial score (nSPS) is 13.6. The molecule has 0 fully saturated rings. The lowest BCUT2D eigenvalue weighted by molar-refractivity contribution is -0.106. The maximum Gasteiger partial charge on any atom is 0.116 e. The summed E-state index contributed by atoms with van der Waals surface area (Å²) in [6.45, 7) is 9.09. The van der Waals surface area contributed by atoms with E-state index in [2.05, 4.69) is 65.5 Å². The average molecular weight is 359 g/mol. The van der Waals surface area contributed by atoms with Crippen LogP contribution in [-0.2, 0) is 11.2 Å². The van der Waals surface area contributed by atoms with Gasteiger partial charge in [-0.2, -0.15) is 0 Å². The highest BCUT2D eigenvalue weighted by atomic mass is 79.9. The van der Waals surface area contributed by atoms with E-state index >= 15 is 0 Å². The fourth-order valence-corrected chi connectivity index (χ4v) is 3.21. The van der Waals surface area contributed by atoms with E-state index in [0.29, 0.717) is 0 Å². The standard InChI is InChI=1S/C13H19BrN2S.C2H4O/c1-13(2,3)15-17-12-8-11-9(7-10(12)14)5-6-16(11)4;1-2-3/h7-8,15H,5-6H2,1-4H3;2H,1H3. The Morgan fingerprint density at radius 2 is 2.00 bits per heavy atom. The predicted molar refractivity (Wildman–Crippen MR) is 91.6 cm³/mol. The van der Waals surface area contributed by atoms with Crippen LogP contribution in [-0.4, -0.2) is 25.4 Å². The molecule has 0 radical (unpaired) electrons. The highest BCUT2D eigenvalue weighted by Crippen LogP contribution is 2.36. The van der Waals surface area contributed by atoms with Crippen LogP contribution < -0.4 is 9.62 Å². The Balaban J connectivity index is 0.000000612. The summed E-state index contributed by atoms with van der Waals surface area (Å²) in [4.78, 5) is 12.4. The lowest BCUT2D eigenvalue weighted by atomic mass is 10.1. The summed E-state index contributed by atoms with van der Waals surface area (Å²) in [5.41, 5.74) is 2.93. The highest BCUT2D eigenvalue weighted by molar-refractivity contribution is 9.10. The van der Waals surface area contributed by atoms with Crippen LogP contribution in [0, 0.1) is 0 Å². The Hall–Kier alpha value is -0.520. The summed E-state index contributed by atoms with van der Waals surface area (Å²) in [5.74, 6) is 0. The SMILES string of the molecule is CC=O.CN1CCc2cc(Br)c(SNC(C)(C)C)cc21. The second-order valence-electron chi connectivity index (χ2n) is 5.77. The Labute approximate surface area is 134 Å². The molecular weight excluding hydrogens is 336 g/mol. The first-order valence-corrected chi connectivity index (χ1v) is 8.27. The van der Waals surface area contributed by atoms with Crippen molar-refractivity contribution in [2.24, 2.45) is 0 Å². The molecule has 0 bridgehead atoms. The summed E-state index contributed by atoms with van der Waals surface area (Å²) >= 11 is 5.36. The first kappa shape index (κ1) is 17.5. The molecule has 2 rings (SSSR count). The number of fused-ring (bicyclic) bond motifs is 1. The van der Waals surface area contributed by atoms with Gasteiger partial charge in [-0.1, -0.05) is 0 Å². The van der Waals surface area contributed by atoms with Gasteiger partial charge in [0, 0.05) is 34.2 Å². The van der Waals surface area contributed by atoms with Gasteiger partial charge < -0.3 is 9.69 Å². The molecule has 1 heterocycles. The lowest BCUT2D eigenvalue weighted by Gasteiger charge is -2.21. The van der Waals surface area contributed by atoms with Gasteiger partial charge in [0.05, 0.1) is 0 Å². The number of carbonyl (C=O) groups is 1. The molecule has 0 unspecified atom stereocenters. The molecule has 5 heteroatoms. The quantitative estimate of drug-likeness (QED) is 0.638. The molecule has 1 aliphatic heterocycles. The van der Waals surface area contributed by atoms with E-state index in [1.54, 1.807) is 11.9 Å². The summed E-state index contributed by atoms with van der Waals surface area (Å²) in [5, 5.41) is 0. The van der Waals surface area contributed by atoms with E-state index in [9.17, 15) is 0 Å². The van der Waals surface area contributed by atoms with E-state index in [1.807, 2.05) is 0 Å². The number of likely N-dealkylation sites (N-methyl/N-ethyl adjacent to an activating group) is 1. The number of carbonyl (C=O) groups excluding carboxylic acids is 1. The molecule has 112 valence electrons. The van der Waals surface area contributed by atoms with E-state index in [-0.39, 0.29) is 5.54 Å². The van der Waals surface area contributed by atoms with Crippen molar-refractivity contribution >= 4 is 39.9 Å². The maximum atomic E-state index is 8.81. The monoisotopic (exact) mass is 358 g/mol. The van der Waals surface area contributed by atoms with Crippen LogP contribution in [0.3, 0.4) is 0 Å². The van der Waals surface area contributed by atoms with Gasteiger partial charge in [-0.25, -0.2) is 0 Å². The zero-order valence-electron chi connectivity index (χ0n) is 12.8. The van der Waals surface area contributed by atoms with Crippen molar-refractivity contribution in [1.29, 1.82) is 0 Å². The third-order valence-electron chi connectivity index (χ3n) is 2.73. The van der Waals surface area contributed by atoms with Crippen LogP contribution >= 0.6 is 27.9 Å². The number of benzene rings is 1. The van der Waals surface area contributed by atoms with Crippen molar-refractivity contribution in [3.63, 3.8) is 0 Å². The van der Waals surface area contributed by atoms with Crippen molar-refractivity contribution in [2.75, 3.05) is 18.5 Å². The van der Waals surface area contributed by atoms with E-state index < -0.39 is 0 Å². The summed E-state index contributed by atoms with van der Waals surface area (Å²) in [6.07, 6.45) is 1.90. The molecule has 0 saturated carbocycles. The van der Waals surface area contributed by atoms with Crippen LogP contribution in [0.4, 0.5) is 5.69 Å². The van der Waals surface area contributed by atoms with Crippen molar-refractivity contribution < 1.29 is 4.79 Å². The van der Waals surface area contributed by atoms with Crippen LogP contribution in [0.25, 0.3) is 0 Å². The number of aldehydes is 1. The van der Waals surface area contributed by atoms with Crippen LogP contribution in [0.5, 0.6) is 0 Å². The number of hydrogen-bond donors (Lipinski definition) is 1. The van der Waals surface area contributed by atoms with Crippen LogP contribution in [0.15, 0.2) is 21.5 Å². The number of nitrogens with zero attached hydrogens (tertiary/aromatic N) is 1. The average Bonchev–Trinajstić information content (AvgIpc) is 2.67. The van der Waals surface area contributed by atoms with Gasteiger partial charge in [0.25, 0.3) is 0 Å². The van der Waals surface area contributed by atoms with Gasteiger partial charge in [0.2, 0.25) is 0 Å². The largest absolute Gasteiger partial charge is 0.374 e. The molecule has 0 aromatic heterocycles. The van der Waals surface area contributed by atoms with Crippen molar-refractivity contribution in [2.45, 2.75) is 44.6 Å². The fourth-order valence-electron chi connectivity index (χ4n) is 1.83. The number of hydrogen-bond acceptors (Lipinski definition) is 4. The number of halogens is 1. The summed E-state index contributed by atoms with van der Waals surface area (Å²) in [7, 11) is 2.16. The summed E-state index contributed by atoms with van der Waals surface area (Å²) < 4.78 is 4.64. The second kappa shape index (κ2) is 7.48. The van der Waals surface area contributed by atoms with Gasteiger partial charge in [-0.3, -0.25) is 4.72 Å². The minimum absolute atomic E-state index is 0.120. The molecule has 0 spiro atoms. The number of rotatable bonds is 2. The van der Waals surface area contributed by atoms with Crippen molar-refractivity contribution in [3.05, 3.63) is 22.2 Å². The van der Waals surface area contributed by atoms with Gasteiger partial charge in [0.1, 0.15) is 6.29 Å². The van der Waals surface area contributed by atoms with E-state index in [0.717, 1.165) is 19.3 Å².